The highest BCUT2D eigenvalue weighted by Crippen LogP contribution is 2.21. The van der Waals surface area contributed by atoms with Gasteiger partial charge < -0.3 is 4.42 Å². The molecule has 0 aliphatic heterocycles. The minimum atomic E-state index is -0.0505. The van der Waals surface area contributed by atoms with Crippen LogP contribution in [0.25, 0.3) is 0 Å². The summed E-state index contributed by atoms with van der Waals surface area (Å²) in [4.78, 5) is 4.15. The highest BCUT2D eigenvalue weighted by Gasteiger charge is 2.13. The van der Waals surface area contributed by atoms with E-state index in [2.05, 4.69) is 10.4 Å². The van der Waals surface area contributed by atoms with Gasteiger partial charge in [-0.15, -0.1) is 0 Å². The molecule has 1 unspecified atom stereocenters. The number of hydrogen-bond acceptors (Lipinski definition) is 4. The molecule has 0 aromatic carbocycles. The van der Waals surface area contributed by atoms with Crippen molar-refractivity contribution in [3.63, 3.8) is 0 Å². The molecule has 0 aliphatic carbocycles. The van der Waals surface area contributed by atoms with Crippen molar-refractivity contribution in [3.8, 4) is 0 Å². The Labute approximate surface area is 88.1 Å². The second-order valence-corrected chi connectivity index (χ2v) is 3.39. The second kappa shape index (κ2) is 4.25. The van der Waals surface area contributed by atoms with Crippen LogP contribution in [0.3, 0.4) is 0 Å². The second-order valence-electron chi connectivity index (χ2n) is 3.39. The molecule has 15 heavy (non-hydrogen) atoms. The van der Waals surface area contributed by atoms with Gasteiger partial charge in [-0.25, -0.2) is 5.43 Å². The molecule has 4 nitrogen and oxygen atoms in total. The van der Waals surface area contributed by atoms with Crippen molar-refractivity contribution < 1.29 is 4.42 Å². The largest absolute Gasteiger partial charge is 0.472 e. The number of rotatable bonds is 3. The third kappa shape index (κ3) is 2.06. The molecular formula is C11H13N3O. The average Bonchev–Trinajstić information content (AvgIpc) is 2.72. The van der Waals surface area contributed by atoms with Crippen LogP contribution in [-0.4, -0.2) is 4.98 Å². The average molecular weight is 203 g/mol. The van der Waals surface area contributed by atoms with E-state index in [1.54, 1.807) is 18.7 Å². The van der Waals surface area contributed by atoms with E-state index in [4.69, 9.17) is 10.3 Å². The summed E-state index contributed by atoms with van der Waals surface area (Å²) in [7, 11) is 0. The van der Waals surface area contributed by atoms with Gasteiger partial charge in [0, 0.05) is 17.5 Å². The van der Waals surface area contributed by atoms with E-state index in [1.807, 2.05) is 25.1 Å². The van der Waals surface area contributed by atoms with E-state index in [0.717, 1.165) is 16.8 Å². The summed E-state index contributed by atoms with van der Waals surface area (Å²) in [6, 6.07) is 5.77. The lowest BCUT2D eigenvalue weighted by atomic mass is 10.0. The number of pyridine rings is 1. The van der Waals surface area contributed by atoms with E-state index < -0.39 is 0 Å². The van der Waals surface area contributed by atoms with Gasteiger partial charge in [0.1, 0.15) is 0 Å². The summed E-state index contributed by atoms with van der Waals surface area (Å²) in [5, 5.41) is 0. The Bertz CT molecular complexity index is 425. The third-order valence-corrected chi connectivity index (χ3v) is 2.30. The molecule has 0 amide bonds. The van der Waals surface area contributed by atoms with Crippen LogP contribution in [0.4, 0.5) is 0 Å². The molecule has 2 heterocycles. The van der Waals surface area contributed by atoms with Crippen LogP contribution >= 0.6 is 0 Å². The number of nitrogens with zero attached hydrogens (tertiary/aromatic N) is 1. The van der Waals surface area contributed by atoms with Crippen molar-refractivity contribution in [1.29, 1.82) is 0 Å². The molecule has 78 valence electrons. The van der Waals surface area contributed by atoms with Crippen molar-refractivity contribution in [2.24, 2.45) is 5.84 Å². The number of aromatic nitrogens is 1. The van der Waals surface area contributed by atoms with Gasteiger partial charge in [-0.1, -0.05) is 0 Å². The predicted molar refractivity (Wildman–Crippen MR) is 56.8 cm³/mol. The van der Waals surface area contributed by atoms with Crippen molar-refractivity contribution in [3.05, 3.63) is 53.7 Å². The molecule has 3 N–H and O–H groups in total. The van der Waals surface area contributed by atoms with Gasteiger partial charge in [0.25, 0.3) is 0 Å². The first-order valence-corrected chi connectivity index (χ1v) is 4.72. The molecule has 0 saturated carbocycles. The van der Waals surface area contributed by atoms with Crippen LogP contribution in [0, 0.1) is 6.92 Å². The Morgan fingerprint density at radius 2 is 2.27 bits per heavy atom. The maximum Gasteiger partial charge on any atom is 0.0954 e. The van der Waals surface area contributed by atoms with Crippen molar-refractivity contribution in [2.75, 3.05) is 0 Å². The normalized spacial score (nSPS) is 12.7. The molecular weight excluding hydrogens is 190 g/mol. The molecule has 2 aromatic rings. The summed E-state index contributed by atoms with van der Waals surface area (Å²) in [6.45, 7) is 1.95. The minimum absolute atomic E-state index is 0.0505. The first-order chi connectivity index (χ1) is 7.31. The fourth-order valence-corrected chi connectivity index (χ4v) is 1.57. The van der Waals surface area contributed by atoms with Crippen molar-refractivity contribution >= 4 is 0 Å². The Morgan fingerprint density at radius 1 is 1.40 bits per heavy atom. The Hall–Kier alpha value is -1.65. The molecule has 0 radical (unpaired) electrons. The van der Waals surface area contributed by atoms with Crippen LogP contribution in [0.15, 0.2) is 41.3 Å². The number of nitrogens with two attached hydrogens (primary N) is 1. The zero-order valence-corrected chi connectivity index (χ0v) is 8.47. The van der Waals surface area contributed by atoms with Gasteiger partial charge in [0.2, 0.25) is 0 Å². The Balaban J connectivity index is 2.35. The highest BCUT2D eigenvalue weighted by atomic mass is 16.3. The molecule has 2 rings (SSSR count). The summed E-state index contributed by atoms with van der Waals surface area (Å²) >= 11 is 0. The molecule has 1 atom stereocenters. The molecule has 0 bridgehead atoms. The van der Waals surface area contributed by atoms with E-state index >= 15 is 0 Å². The number of aryl methyl sites for hydroxylation is 1. The quantitative estimate of drug-likeness (QED) is 0.586. The fraction of sp³-hybridized carbons (Fsp3) is 0.182. The van der Waals surface area contributed by atoms with Crippen molar-refractivity contribution in [2.45, 2.75) is 13.0 Å². The number of hydrogen-bond donors (Lipinski definition) is 2. The minimum Gasteiger partial charge on any atom is -0.472 e. The summed E-state index contributed by atoms with van der Waals surface area (Å²) < 4.78 is 5.04. The number of hydrazine groups is 1. The topological polar surface area (TPSA) is 64.1 Å². The van der Waals surface area contributed by atoms with E-state index in [-0.39, 0.29) is 6.04 Å². The maximum atomic E-state index is 5.53. The standard InChI is InChI=1S/C11H13N3O/c1-8-6-9(2-4-13-8)11(14-12)10-3-5-15-7-10/h2-7,11,14H,12H2,1H3. The van der Waals surface area contributed by atoms with Crippen molar-refractivity contribution in [1.82, 2.24) is 10.4 Å². The molecule has 0 fully saturated rings. The summed E-state index contributed by atoms with van der Waals surface area (Å²) in [5.41, 5.74) is 5.81. The fourth-order valence-electron chi connectivity index (χ4n) is 1.57. The van der Waals surface area contributed by atoms with Gasteiger partial charge >= 0.3 is 0 Å². The van der Waals surface area contributed by atoms with Crippen LogP contribution in [0.2, 0.25) is 0 Å². The molecule has 0 aliphatic rings. The third-order valence-electron chi connectivity index (χ3n) is 2.30. The van der Waals surface area contributed by atoms with E-state index in [1.165, 1.54) is 0 Å². The smallest absolute Gasteiger partial charge is 0.0954 e. The maximum absolute atomic E-state index is 5.53. The first kappa shape index (κ1) is 9.89. The SMILES string of the molecule is Cc1cc(C(NN)c2ccoc2)ccn1. The number of nitrogens with one attached hydrogen (secondary N) is 1. The molecule has 4 heteroatoms. The summed E-state index contributed by atoms with van der Waals surface area (Å²) in [6.07, 6.45) is 5.09. The lowest BCUT2D eigenvalue weighted by Crippen LogP contribution is -2.28. The van der Waals surface area contributed by atoms with Gasteiger partial charge in [-0.3, -0.25) is 10.8 Å². The van der Waals surface area contributed by atoms with E-state index in [0.29, 0.717) is 0 Å². The van der Waals surface area contributed by atoms with Crippen LogP contribution in [0.5, 0.6) is 0 Å². The molecule has 0 saturated heterocycles. The van der Waals surface area contributed by atoms with Gasteiger partial charge in [-0.05, 0) is 30.7 Å². The molecule has 2 aromatic heterocycles. The lowest BCUT2D eigenvalue weighted by molar-refractivity contribution is 0.553. The van der Waals surface area contributed by atoms with Crippen LogP contribution in [0.1, 0.15) is 22.9 Å². The van der Waals surface area contributed by atoms with Crippen LogP contribution < -0.4 is 11.3 Å². The van der Waals surface area contributed by atoms with Gasteiger partial charge in [0.15, 0.2) is 0 Å². The monoisotopic (exact) mass is 203 g/mol. The number of furan rings is 1. The Morgan fingerprint density at radius 3 is 2.87 bits per heavy atom. The highest BCUT2D eigenvalue weighted by molar-refractivity contribution is 5.29. The Kier molecular flexibility index (Phi) is 2.80. The van der Waals surface area contributed by atoms with E-state index in [9.17, 15) is 0 Å². The van der Waals surface area contributed by atoms with Gasteiger partial charge in [-0.2, -0.15) is 0 Å². The predicted octanol–water partition coefficient (Wildman–Crippen LogP) is 1.54. The van der Waals surface area contributed by atoms with Gasteiger partial charge in [0.05, 0.1) is 18.6 Å². The first-order valence-electron chi connectivity index (χ1n) is 4.72. The zero-order chi connectivity index (χ0) is 10.7. The zero-order valence-electron chi connectivity index (χ0n) is 8.47. The summed E-state index contributed by atoms with van der Waals surface area (Å²) in [5.74, 6) is 5.53. The van der Waals surface area contributed by atoms with Crippen LogP contribution in [-0.2, 0) is 0 Å². The lowest BCUT2D eigenvalue weighted by Gasteiger charge is -2.14. The molecule has 0 spiro atoms.